The number of para-hydroxylation sites is 1. The minimum absolute atomic E-state index is 0.148. The van der Waals surface area contributed by atoms with E-state index in [1.165, 1.54) is 5.56 Å². The highest BCUT2D eigenvalue weighted by atomic mass is 32.2. The van der Waals surface area contributed by atoms with Crippen LogP contribution in [0.5, 0.6) is 0 Å². The molecule has 17 heavy (non-hydrogen) atoms. The van der Waals surface area contributed by atoms with E-state index in [4.69, 9.17) is 0 Å². The molecule has 0 atom stereocenters. The van der Waals surface area contributed by atoms with E-state index in [0.29, 0.717) is 5.75 Å². The van der Waals surface area contributed by atoms with Crippen molar-refractivity contribution >= 4 is 23.4 Å². The molecule has 92 valence electrons. The number of carbonyl (C=O) groups excluding carboxylic acids is 1. The van der Waals surface area contributed by atoms with Gasteiger partial charge in [-0.1, -0.05) is 39.0 Å². The number of amides is 1. The van der Waals surface area contributed by atoms with Gasteiger partial charge in [0.2, 0.25) is 5.91 Å². The van der Waals surface area contributed by atoms with E-state index in [-0.39, 0.29) is 10.7 Å². The predicted molar refractivity (Wildman–Crippen MR) is 74.7 cm³/mol. The lowest BCUT2D eigenvalue weighted by Crippen LogP contribution is -2.31. The van der Waals surface area contributed by atoms with Crippen molar-refractivity contribution in [1.29, 1.82) is 0 Å². The second kappa shape index (κ2) is 4.73. The molecule has 0 radical (unpaired) electrons. The van der Waals surface area contributed by atoms with Crippen LogP contribution in [0.25, 0.3) is 0 Å². The summed E-state index contributed by atoms with van der Waals surface area (Å²) in [7, 11) is 0. The van der Waals surface area contributed by atoms with Gasteiger partial charge in [0.05, 0.1) is 5.75 Å². The summed E-state index contributed by atoms with van der Waals surface area (Å²) >= 11 is 1.71. The maximum atomic E-state index is 12.2. The van der Waals surface area contributed by atoms with E-state index >= 15 is 0 Å². The highest BCUT2D eigenvalue weighted by molar-refractivity contribution is 8.01. The number of carbonyl (C=O) groups is 1. The molecule has 1 aromatic carbocycles. The van der Waals surface area contributed by atoms with E-state index in [1.807, 2.05) is 23.1 Å². The molecule has 1 aromatic rings. The second-order valence-electron chi connectivity index (χ2n) is 5.33. The fraction of sp³-hybridized carbons (Fsp3) is 0.500. The van der Waals surface area contributed by atoms with Crippen molar-refractivity contribution in [1.82, 2.24) is 0 Å². The Labute approximate surface area is 107 Å². The van der Waals surface area contributed by atoms with Gasteiger partial charge in [0.1, 0.15) is 0 Å². The molecule has 0 aromatic heterocycles. The quantitative estimate of drug-likeness (QED) is 0.802. The zero-order valence-electron chi connectivity index (χ0n) is 10.7. The highest BCUT2D eigenvalue weighted by Crippen LogP contribution is 2.29. The number of nitrogens with zero attached hydrogens (tertiary/aromatic N) is 1. The van der Waals surface area contributed by atoms with Crippen LogP contribution >= 0.6 is 11.8 Å². The van der Waals surface area contributed by atoms with Crippen molar-refractivity contribution in [2.75, 3.05) is 17.2 Å². The lowest BCUT2D eigenvalue weighted by Gasteiger charge is -2.21. The molecule has 0 N–H and O–H groups in total. The largest absolute Gasteiger partial charge is 0.311 e. The molecule has 2 nitrogen and oxygen atoms in total. The average molecular weight is 249 g/mol. The summed E-state index contributed by atoms with van der Waals surface area (Å²) in [5.41, 5.74) is 2.40. The summed E-state index contributed by atoms with van der Waals surface area (Å²) in [6.07, 6.45) is 0.988. The molecule has 0 saturated heterocycles. The van der Waals surface area contributed by atoms with Crippen LogP contribution in [0.2, 0.25) is 0 Å². The smallest absolute Gasteiger partial charge is 0.237 e. The Morgan fingerprint density at radius 3 is 2.76 bits per heavy atom. The zero-order chi connectivity index (χ0) is 12.5. The Hall–Kier alpha value is -0.960. The number of thioether (sulfide) groups is 1. The summed E-state index contributed by atoms with van der Waals surface area (Å²) in [6.45, 7) is 7.26. The first-order chi connectivity index (χ1) is 7.97. The van der Waals surface area contributed by atoms with Gasteiger partial charge < -0.3 is 4.90 Å². The average Bonchev–Trinajstić information content (AvgIpc) is 2.68. The number of hydrogen-bond donors (Lipinski definition) is 0. The maximum absolute atomic E-state index is 12.2. The van der Waals surface area contributed by atoms with Crippen LogP contribution in [-0.4, -0.2) is 23.0 Å². The molecular formula is C14H19NOS. The van der Waals surface area contributed by atoms with Gasteiger partial charge in [-0.25, -0.2) is 0 Å². The Kier molecular flexibility index (Phi) is 3.48. The van der Waals surface area contributed by atoms with Gasteiger partial charge in [-0.15, -0.1) is 11.8 Å². The van der Waals surface area contributed by atoms with Crippen molar-refractivity contribution in [3.05, 3.63) is 29.8 Å². The van der Waals surface area contributed by atoms with Crippen LogP contribution < -0.4 is 4.90 Å². The Bertz CT molecular complexity index is 422. The predicted octanol–water partition coefficient (Wildman–Crippen LogP) is 3.11. The van der Waals surface area contributed by atoms with E-state index in [0.717, 1.165) is 18.7 Å². The molecule has 1 heterocycles. The molecule has 0 unspecified atom stereocenters. The summed E-state index contributed by atoms with van der Waals surface area (Å²) in [5, 5.41) is 0. The fourth-order valence-electron chi connectivity index (χ4n) is 1.95. The summed E-state index contributed by atoms with van der Waals surface area (Å²) in [4.78, 5) is 14.1. The summed E-state index contributed by atoms with van der Waals surface area (Å²) in [5.74, 6) is 0.799. The first-order valence-electron chi connectivity index (χ1n) is 5.99. The van der Waals surface area contributed by atoms with Crippen molar-refractivity contribution < 1.29 is 4.79 Å². The third kappa shape index (κ3) is 3.03. The molecule has 0 aliphatic carbocycles. The third-order valence-electron chi connectivity index (χ3n) is 2.82. The van der Waals surface area contributed by atoms with Crippen LogP contribution in [0.15, 0.2) is 24.3 Å². The van der Waals surface area contributed by atoms with Crippen LogP contribution in [0.3, 0.4) is 0 Å². The van der Waals surface area contributed by atoms with Gasteiger partial charge in [0.15, 0.2) is 0 Å². The van der Waals surface area contributed by atoms with Crippen molar-refractivity contribution in [3.8, 4) is 0 Å². The van der Waals surface area contributed by atoms with Crippen molar-refractivity contribution in [2.24, 2.45) is 0 Å². The Morgan fingerprint density at radius 2 is 2.06 bits per heavy atom. The first-order valence-corrected chi connectivity index (χ1v) is 6.98. The molecule has 0 fully saturated rings. The lowest BCUT2D eigenvalue weighted by atomic mass is 10.2. The van der Waals surface area contributed by atoms with Gasteiger partial charge in [0, 0.05) is 17.0 Å². The molecule has 0 bridgehead atoms. The van der Waals surface area contributed by atoms with Gasteiger partial charge in [0.25, 0.3) is 0 Å². The molecule has 1 amide bonds. The van der Waals surface area contributed by atoms with E-state index < -0.39 is 0 Å². The van der Waals surface area contributed by atoms with E-state index in [9.17, 15) is 4.79 Å². The SMILES string of the molecule is CC(C)(C)SCC(=O)N1CCc2ccccc21. The molecule has 2 rings (SSSR count). The molecule has 0 saturated carbocycles. The lowest BCUT2D eigenvalue weighted by molar-refractivity contribution is -0.116. The normalized spacial score (nSPS) is 14.9. The fourth-order valence-corrected chi connectivity index (χ4v) is 2.67. The van der Waals surface area contributed by atoms with E-state index in [2.05, 4.69) is 26.8 Å². The summed E-state index contributed by atoms with van der Waals surface area (Å²) in [6, 6.07) is 8.19. The van der Waals surface area contributed by atoms with E-state index in [1.54, 1.807) is 11.8 Å². The van der Waals surface area contributed by atoms with Crippen molar-refractivity contribution in [2.45, 2.75) is 31.9 Å². The number of benzene rings is 1. The minimum Gasteiger partial charge on any atom is -0.311 e. The third-order valence-corrected chi connectivity index (χ3v) is 4.07. The molecule has 1 aliphatic heterocycles. The standard InChI is InChI=1S/C14H19NOS/c1-14(2,3)17-10-13(16)15-9-8-11-6-4-5-7-12(11)15/h4-7H,8-10H2,1-3H3. The van der Waals surface area contributed by atoms with Gasteiger partial charge >= 0.3 is 0 Å². The zero-order valence-corrected chi connectivity index (χ0v) is 11.5. The molecule has 3 heteroatoms. The topological polar surface area (TPSA) is 20.3 Å². The first kappa shape index (κ1) is 12.5. The Morgan fingerprint density at radius 1 is 1.35 bits per heavy atom. The number of fused-ring (bicyclic) bond motifs is 1. The summed E-state index contributed by atoms with van der Waals surface area (Å²) < 4.78 is 0.148. The van der Waals surface area contributed by atoms with Gasteiger partial charge in [-0.2, -0.15) is 0 Å². The van der Waals surface area contributed by atoms with Crippen molar-refractivity contribution in [3.63, 3.8) is 0 Å². The van der Waals surface area contributed by atoms with Crippen LogP contribution in [0.4, 0.5) is 5.69 Å². The second-order valence-corrected chi connectivity index (χ2v) is 7.13. The minimum atomic E-state index is 0.148. The molecule has 1 aliphatic rings. The monoisotopic (exact) mass is 249 g/mol. The van der Waals surface area contributed by atoms with Crippen LogP contribution in [-0.2, 0) is 11.2 Å². The van der Waals surface area contributed by atoms with Crippen LogP contribution in [0.1, 0.15) is 26.3 Å². The number of hydrogen-bond acceptors (Lipinski definition) is 2. The number of rotatable bonds is 2. The van der Waals surface area contributed by atoms with Gasteiger partial charge in [-0.3, -0.25) is 4.79 Å². The Balaban J connectivity index is 2.03. The van der Waals surface area contributed by atoms with Gasteiger partial charge in [-0.05, 0) is 18.1 Å². The van der Waals surface area contributed by atoms with Crippen LogP contribution in [0, 0.1) is 0 Å². The highest BCUT2D eigenvalue weighted by Gasteiger charge is 2.25. The maximum Gasteiger partial charge on any atom is 0.237 e. The molecule has 0 spiro atoms. The molecular weight excluding hydrogens is 230 g/mol. The number of anilines is 1.